The van der Waals surface area contributed by atoms with Gasteiger partial charge in [0, 0.05) is 57.4 Å². The van der Waals surface area contributed by atoms with Crippen molar-refractivity contribution < 1.29 is 14.3 Å². The lowest BCUT2D eigenvalue weighted by molar-refractivity contribution is -0.130. The average molecular weight is 500 g/mol. The summed E-state index contributed by atoms with van der Waals surface area (Å²) in [7, 11) is 1.65. The molecule has 2 aliphatic heterocycles. The van der Waals surface area contributed by atoms with E-state index in [4.69, 9.17) is 21.1 Å². The number of ether oxygens (including phenoxy) is 2. The fraction of sp³-hybridized carbons (Fsp3) is 0.536. The van der Waals surface area contributed by atoms with Crippen LogP contribution in [0.2, 0.25) is 5.02 Å². The summed E-state index contributed by atoms with van der Waals surface area (Å²) in [5, 5.41) is 0.640. The van der Waals surface area contributed by atoms with Crippen molar-refractivity contribution in [2.45, 2.75) is 52.6 Å². The molecule has 0 spiro atoms. The fourth-order valence-electron chi connectivity index (χ4n) is 5.44. The highest BCUT2D eigenvalue weighted by Crippen LogP contribution is 2.33. The molecule has 6 nitrogen and oxygen atoms in total. The van der Waals surface area contributed by atoms with Crippen LogP contribution in [-0.2, 0) is 4.79 Å². The van der Waals surface area contributed by atoms with Crippen LogP contribution in [0.4, 0.5) is 5.69 Å². The number of hydrogen-bond donors (Lipinski definition) is 0. The smallest absolute Gasteiger partial charge is 0.219 e. The molecule has 2 heterocycles. The first-order valence-electron chi connectivity index (χ1n) is 12.6. The zero-order valence-corrected chi connectivity index (χ0v) is 22.4. The van der Waals surface area contributed by atoms with Crippen molar-refractivity contribution in [3.63, 3.8) is 0 Å². The quantitative estimate of drug-likeness (QED) is 0.521. The van der Waals surface area contributed by atoms with Crippen molar-refractivity contribution in [3.05, 3.63) is 52.0 Å². The molecule has 0 aliphatic carbocycles. The first-order chi connectivity index (χ1) is 16.8. The molecule has 0 N–H and O–H groups in total. The number of benzene rings is 2. The van der Waals surface area contributed by atoms with Gasteiger partial charge in [-0.1, -0.05) is 17.7 Å². The van der Waals surface area contributed by atoms with Crippen LogP contribution < -0.4 is 14.4 Å². The van der Waals surface area contributed by atoms with Crippen LogP contribution in [0.15, 0.2) is 30.3 Å². The van der Waals surface area contributed by atoms with E-state index in [0.717, 1.165) is 62.8 Å². The molecule has 4 rings (SSSR count). The fourth-order valence-corrected chi connectivity index (χ4v) is 5.64. The average Bonchev–Trinajstić information content (AvgIpc) is 3.34. The molecule has 190 valence electrons. The third-order valence-corrected chi connectivity index (χ3v) is 8.12. The molecule has 0 saturated carbocycles. The maximum absolute atomic E-state index is 11.9. The molecular formula is C28H38ClN3O3. The van der Waals surface area contributed by atoms with Crippen LogP contribution in [-0.4, -0.2) is 68.2 Å². The number of nitrogens with zero attached hydrogens (tertiary/aromatic N) is 3. The minimum atomic E-state index is 0.142. The lowest BCUT2D eigenvalue weighted by Gasteiger charge is -2.40. The summed E-state index contributed by atoms with van der Waals surface area (Å²) in [6.07, 6.45) is 2.07. The van der Waals surface area contributed by atoms with E-state index in [2.05, 4.69) is 48.8 Å². The highest BCUT2D eigenvalue weighted by molar-refractivity contribution is 6.32. The van der Waals surface area contributed by atoms with E-state index in [9.17, 15) is 4.79 Å². The number of carbonyl (C=O) groups is 1. The maximum Gasteiger partial charge on any atom is 0.219 e. The van der Waals surface area contributed by atoms with Gasteiger partial charge >= 0.3 is 0 Å². The third kappa shape index (κ3) is 5.54. The van der Waals surface area contributed by atoms with Gasteiger partial charge in [0.05, 0.1) is 18.2 Å². The minimum Gasteiger partial charge on any atom is -0.495 e. The second-order valence-electron chi connectivity index (χ2n) is 9.74. The summed E-state index contributed by atoms with van der Waals surface area (Å²) in [4.78, 5) is 18.7. The van der Waals surface area contributed by atoms with Gasteiger partial charge in [0.25, 0.3) is 0 Å². The molecule has 2 aliphatic rings. The maximum atomic E-state index is 11.9. The van der Waals surface area contributed by atoms with E-state index in [-0.39, 0.29) is 11.9 Å². The van der Waals surface area contributed by atoms with Crippen LogP contribution >= 0.6 is 11.6 Å². The molecule has 0 bridgehead atoms. The van der Waals surface area contributed by atoms with Crippen LogP contribution in [0.5, 0.6) is 11.5 Å². The van der Waals surface area contributed by atoms with Gasteiger partial charge in [0.1, 0.15) is 18.1 Å². The Bertz CT molecular complexity index is 1050. The van der Waals surface area contributed by atoms with Crippen molar-refractivity contribution >= 4 is 23.2 Å². The van der Waals surface area contributed by atoms with Gasteiger partial charge in [-0.3, -0.25) is 9.69 Å². The zero-order valence-electron chi connectivity index (χ0n) is 21.6. The highest BCUT2D eigenvalue weighted by atomic mass is 35.5. The van der Waals surface area contributed by atoms with Crippen molar-refractivity contribution in [1.29, 1.82) is 0 Å². The number of likely N-dealkylation sites (tertiary alicyclic amines) is 1. The molecule has 1 amide bonds. The third-order valence-electron chi connectivity index (χ3n) is 7.80. The number of hydrogen-bond acceptors (Lipinski definition) is 5. The van der Waals surface area contributed by atoms with Gasteiger partial charge in [0.2, 0.25) is 5.91 Å². The summed E-state index contributed by atoms with van der Waals surface area (Å²) in [5.74, 6) is 1.79. The van der Waals surface area contributed by atoms with Gasteiger partial charge in [-0.05, 0) is 68.5 Å². The van der Waals surface area contributed by atoms with Gasteiger partial charge in [-0.15, -0.1) is 0 Å². The number of carbonyl (C=O) groups excluding carboxylic acids is 1. The number of amides is 1. The standard InChI is InChI=1S/C28H38ClN3O3/c1-19-20(2)27(35-18-24-7-6-12-32(24)22(4)33)11-9-25(19)21(3)30-13-15-31(16-14-30)23-8-10-26(29)28(17-23)34-5/h8-11,17,21,24H,6-7,12-16,18H2,1-5H3. The van der Waals surface area contributed by atoms with Crippen LogP contribution in [0, 0.1) is 13.8 Å². The number of anilines is 1. The van der Waals surface area contributed by atoms with Gasteiger partial charge in [-0.25, -0.2) is 0 Å². The Morgan fingerprint density at radius 3 is 2.49 bits per heavy atom. The summed E-state index contributed by atoms with van der Waals surface area (Å²) >= 11 is 6.20. The molecule has 0 aromatic heterocycles. The molecule has 0 radical (unpaired) electrons. The lowest BCUT2D eigenvalue weighted by atomic mass is 9.96. The van der Waals surface area contributed by atoms with Crippen molar-refractivity contribution in [3.8, 4) is 11.5 Å². The monoisotopic (exact) mass is 499 g/mol. The van der Waals surface area contributed by atoms with Crippen LogP contribution in [0.3, 0.4) is 0 Å². The van der Waals surface area contributed by atoms with E-state index < -0.39 is 0 Å². The van der Waals surface area contributed by atoms with Gasteiger partial charge in [0.15, 0.2) is 0 Å². The summed E-state index contributed by atoms with van der Waals surface area (Å²) < 4.78 is 11.6. The van der Waals surface area contributed by atoms with E-state index in [0.29, 0.717) is 17.7 Å². The Morgan fingerprint density at radius 1 is 1.06 bits per heavy atom. The molecule has 2 aromatic rings. The normalized spacial score (nSPS) is 19.7. The Labute approximate surface area is 214 Å². The Kier molecular flexibility index (Phi) is 8.12. The molecule has 7 heteroatoms. The minimum absolute atomic E-state index is 0.142. The lowest BCUT2D eigenvalue weighted by Crippen LogP contribution is -2.47. The van der Waals surface area contributed by atoms with Gasteiger partial charge in [-0.2, -0.15) is 0 Å². The molecular weight excluding hydrogens is 462 g/mol. The van der Waals surface area contributed by atoms with Crippen molar-refractivity contribution in [2.24, 2.45) is 0 Å². The van der Waals surface area contributed by atoms with E-state index in [1.165, 1.54) is 16.7 Å². The van der Waals surface area contributed by atoms with E-state index in [1.54, 1.807) is 14.0 Å². The number of halogens is 1. The highest BCUT2D eigenvalue weighted by Gasteiger charge is 2.28. The number of piperazine rings is 1. The molecule has 2 atom stereocenters. The Morgan fingerprint density at radius 2 is 1.80 bits per heavy atom. The van der Waals surface area contributed by atoms with Crippen molar-refractivity contribution in [1.82, 2.24) is 9.80 Å². The van der Waals surface area contributed by atoms with Crippen LogP contribution in [0.1, 0.15) is 49.4 Å². The summed E-state index contributed by atoms with van der Waals surface area (Å²) in [6.45, 7) is 13.6. The molecule has 2 fully saturated rings. The number of rotatable bonds is 7. The van der Waals surface area contributed by atoms with Gasteiger partial charge < -0.3 is 19.3 Å². The number of methoxy groups -OCH3 is 1. The molecule has 2 saturated heterocycles. The van der Waals surface area contributed by atoms with Crippen molar-refractivity contribution in [2.75, 3.05) is 51.3 Å². The first kappa shape index (κ1) is 25.6. The Balaban J connectivity index is 1.38. The van der Waals surface area contributed by atoms with E-state index >= 15 is 0 Å². The second kappa shape index (κ2) is 11.1. The molecule has 2 aromatic carbocycles. The summed E-state index contributed by atoms with van der Waals surface area (Å²) in [6, 6.07) is 10.8. The van der Waals surface area contributed by atoms with E-state index in [1.807, 2.05) is 17.0 Å². The molecule has 35 heavy (non-hydrogen) atoms. The van der Waals surface area contributed by atoms with Crippen LogP contribution in [0.25, 0.3) is 0 Å². The largest absolute Gasteiger partial charge is 0.495 e. The second-order valence-corrected chi connectivity index (χ2v) is 10.1. The first-order valence-corrected chi connectivity index (χ1v) is 13.0. The Hall–Kier alpha value is -2.44. The summed E-state index contributed by atoms with van der Waals surface area (Å²) in [5.41, 5.74) is 4.98. The SMILES string of the molecule is COc1cc(N2CCN(C(C)c3ccc(OCC4CCCN4C(C)=O)c(C)c3C)CC2)ccc1Cl. The topological polar surface area (TPSA) is 45.2 Å². The predicted molar refractivity (Wildman–Crippen MR) is 142 cm³/mol. The molecule has 2 unspecified atom stereocenters. The zero-order chi connectivity index (χ0) is 25.1. The predicted octanol–water partition coefficient (Wildman–Crippen LogP) is 5.24.